The highest BCUT2D eigenvalue weighted by Crippen LogP contribution is 2.38. The summed E-state index contributed by atoms with van der Waals surface area (Å²) in [6.07, 6.45) is 7.35. The van der Waals surface area contributed by atoms with E-state index in [0.717, 1.165) is 59.2 Å². The molecule has 0 saturated carbocycles. The summed E-state index contributed by atoms with van der Waals surface area (Å²) in [7, 11) is 3.25. The first-order valence-corrected chi connectivity index (χ1v) is 12.6. The maximum absolute atomic E-state index is 12.7. The first-order valence-electron chi connectivity index (χ1n) is 12.2. The van der Waals surface area contributed by atoms with Crippen LogP contribution in [0.2, 0.25) is 5.02 Å². The average molecular weight is 550 g/mol. The number of nitrogens with one attached hydrogen (secondary N) is 2. The van der Waals surface area contributed by atoms with Gasteiger partial charge < -0.3 is 20.1 Å². The van der Waals surface area contributed by atoms with Crippen LogP contribution in [-0.4, -0.2) is 25.1 Å². The number of carbonyl (C=O) groups excluding carboxylic acids is 1. The first kappa shape index (κ1) is 27.3. The molecule has 1 aliphatic rings. The Morgan fingerprint density at radius 3 is 2.50 bits per heavy atom. The molecular weight excluding hydrogens is 521 g/mol. The van der Waals surface area contributed by atoms with Crippen LogP contribution in [0.15, 0.2) is 66.7 Å². The molecule has 2 N–H and O–H groups in total. The summed E-state index contributed by atoms with van der Waals surface area (Å²) in [5.74, 6) is 1.09. The van der Waals surface area contributed by atoms with Crippen molar-refractivity contribution in [1.29, 1.82) is 0 Å². The summed E-state index contributed by atoms with van der Waals surface area (Å²) in [6, 6.07) is 19.0. The molecule has 1 amide bonds. The lowest BCUT2D eigenvalue weighted by molar-refractivity contribution is -0.111. The molecule has 1 aliphatic carbocycles. The molecule has 6 nitrogen and oxygen atoms in total. The van der Waals surface area contributed by atoms with Gasteiger partial charge in [0.1, 0.15) is 0 Å². The molecule has 0 radical (unpaired) electrons. The van der Waals surface area contributed by atoms with Crippen LogP contribution in [0.3, 0.4) is 0 Å². The summed E-state index contributed by atoms with van der Waals surface area (Å²) in [5, 5.41) is 8.13. The van der Waals surface area contributed by atoms with Crippen LogP contribution in [0.1, 0.15) is 29.7 Å². The minimum absolute atomic E-state index is 0. The highest BCUT2D eigenvalue weighted by Gasteiger charge is 2.19. The third kappa shape index (κ3) is 5.87. The topological polar surface area (TPSA) is 72.5 Å². The Balaban J connectivity index is 0.00000336. The number of aromatic nitrogens is 1. The van der Waals surface area contributed by atoms with Gasteiger partial charge in [-0.15, -0.1) is 12.4 Å². The standard InChI is InChI=1S/C30H28ClN3O3.ClH/c1-36-27-15-13-21(18-28(27)37-2)33-30-22-8-4-6-10-25(22)34-26-14-12-20(17-23(26)30)32-29(35)16-11-19-7-3-5-9-24(19)31;/h3,5,7,9,11-18H,4,6,8,10H2,1-2H3,(H,32,35)(H,33,34);1H. The summed E-state index contributed by atoms with van der Waals surface area (Å²) >= 11 is 6.20. The zero-order chi connectivity index (χ0) is 25.8. The van der Waals surface area contributed by atoms with Crippen LogP contribution in [0.25, 0.3) is 17.0 Å². The van der Waals surface area contributed by atoms with Crippen molar-refractivity contribution in [3.8, 4) is 11.5 Å². The van der Waals surface area contributed by atoms with Crippen molar-refractivity contribution in [2.75, 3.05) is 24.9 Å². The predicted octanol–water partition coefficient (Wildman–Crippen LogP) is 7.60. The van der Waals surface area contributed by atoms with Crippen molar-refractivity contribution in [3.05, 3.63) is 88.6 Å². The van der Waals surface area contributed by atoms with E-state index in [1.54, 1.807) is 26.4 Å². The Kier molecular flexibility index (Phi) is 8.77. The highest BCUT2D eigenvalue weighted by molar-refractivity contribution is 6.32. The second-order valence-electron chi connectivity index (χ2n) is 8.89. The van der Waals surface area contributed by atoms with Crippen molar-refractivity contribution in [1.82, 2.24) is 4.98 Å². The molecule has 3 aromatic carbocycles. The smallest absolute Gasteiger partial charge is 0.248 e. The summed E-state index contributed by atoms with van der Waals surface area (Å²) in [4.78, 5) is 17.6. The monoisotopic (exact) mass is 549 g/mol. The Morgan fingerprint density at radius 2 is 1.71 bits per heavy atom. The highest BCUT2D eigenvalue weighted by atomic mass is 35.5. The van der Waals surface area contributed by atoms with Crippen LogP contribution in [0.4, 0.5) is 17.1 Å². The number of rotatable bonds is 7. The van der Waals surface area contributed by atoms with E-state index in [2.05, 4.69) is 10.6 Å². The van der Waals surface area contributed by atoms with Gasteiger partial charge in [-0.2, -0.15) is 0 Å². The fraction of sp³-hybridized carbons (Fsp3) is 0.200. The van der Waals surface area contributed by atoms with Gasteiger partial charge in [-0.05, 0) is 79.3 Å². The van der Waals surface area contributed by atoms with Gasteiger partial charge in [-0.25, -0.2) is 0 Å². The molecule has 0 unspecified atom stereocenters. The number of benzene rings is 3. The van der Waals surface area contributed by atoms with Crippen molar-refractivity contribution < 1.29 is 14.3 Å². The van der Waals surface area contributed by atoms with Crippen LogP contribution < -0.4 is 20.1 Å². The summed E-state index contributed by atoms with van der Waals surface area (Å²) < 4.78 is 10.9. The molecule has 0 aliphatic heterocycles. The molecule has 0 atom stereocenters. The van der Waals surface area contributed by atoms with Gasteiger partial charge in [-0.3, -0.25) is 9.78 Å². The van der Waals surface area contributed by atoms with Gasteiger partial charge in [0.05, 0.1) is 25.4 Å². The van der Waals surface area contributed by atoms with Crippen molar-refractivity contribution in [2.45, 2.75) is 25.7 Å². The molecule has 0 fully saturated rings. The second kappa shape index (κ2) is 12.2. The minimum Gasteiger partial charge on any atom is -0.493 e. The van der Waals surface area contributed by atoms with Crippen molar-refractivity contribution in [3.63, 3.8) is 0 Å². The van der Waals surface area contributed by atoms with Gasteiger partial charge in [0.15, 0.2) is 11.5 Å². The molecule has 8 heteroatoms. The number of methoxy groups -OCH3 is 2. The molecule has 0 bridgehead atoms. The molecule has 1 heterocycles. The Morgan fingerprint density at radius 1 is 0.947 bits per heavy atom. The van der Waals surface area contributed by atoms with E-state index in [0.29, 0.717) is 22.2 Å². The Bertz CT molecular complexity index is 1500. The van der Waals surface area contributed by atoms with Crippen LogP contribution >= 0.6 is 24.0 Å². The van der Waals surface area contributed by atoms with Gasteiger partial charge in [0.25, 0.3) is 0 Å². The number of aryl methyl sites for hydroxylation is 1. The summed E-state index contributed by atoms with van der Waals surface area (Å²) in [5.41, 5.74) is 6.60. The largest absolute Gasteiger partial charge is 0.493 e. The predicted molar refractivity (Wildman–Crippen MR) is 158 cm³/mol. The van der Waals surface area contributed by atoms with Crippen LogP contribution in [-0.2, 0) is 17.6 Å². The fourth-order valence-electron chi connectivity index (χ4n) is 4.66. The van der Waals surface area contributed by atoms with E-state index in [4.69, 9.17) is 26.1 Å². The number of halogens is 2. The van der Waals surface area contributed by atoms with Crippen LogP contribution in [0, 0.1) is 0 Å². The van der Waals surface area contributed by atoms with E-state index in [-0.39, 0.29) is 18.3 Å². The third-order valence-corrected chi connectivity index (χ3v) is 6.85. The van der Waals surface area contributed by atoms with Gasteiger partial charge in [0.2, 0.25) is 5.91 Å². The Labute approximate surface area is 233 Å². The quantitative estimate of drug-likeness (QED) is 0.232. The zero-order valence-corrected chi connectivity index (χ0v) is 22.8. The first-order chi connectivity index (χ1) is 18.1. The molecule has 5 rings (SSSR count). The Hall–Kier alpha value is -3.74. The average Bonchev–Trinajstić information content (AvgIpc) is 2.92. The number of anilines is 3. The normalized spacial score (nSPS) is 12.5. The lowest BCUT2D eigenvalue weighted by Crippen LogP contribution is -2.11. The molecule has 1 aromatic heterocycles. The fourth-order valence-corrected chi connectivity index (χ4v) is 4.86. The van der Waals surface area contributed by atoms with Crippen molar-refractivity contribution >= 4 is 64.0 Å². The molecule has 0 saturated heterocycles. The summed E-state index contributed by atoms with van der Waals surface area (Å²) in [6.45, 7) is 0. The lowest BCUT2D eigenvalue weighted by Gasteiger charge is -2.22. The number of hydrogen-bond donors (Lipinski definition) is 2. The van der Waals surface area contributed by atoms with Gasteiger partial charge in [-0.1, -0.05) is 29.8 Å². The number of pyridine rings is 1. The maximum atomic E-state index is 12.7. The zero-order valence-electron chi connectivity index (χ0n) is 21.2. The number of ether oxygens (including phenoxy) is 2. The SMILES string of the molecule is COc1ccc(Nc2c3c(nc4ccc(NC(=O)C=Cc5ccccc5Cl)cc24)CCCC3)cc1OC.Cl. The maximum Gasteiger partial charge on any atom is 0.248 e. The van der Waals surface area contributed by atoms with E-state index < -0.39 is 0 Å². The number of nitrogens with zero attached hydrogens (tertiary/aromatic N) is 1. The lowest BCUT2D eigenvalue weighted by atomic mass is 9.92. The number of amides is 1. The van der Waals surface area contributed by atoms with E-state index >= 15 is 0 Å². The number of carbonyl (C=O) groups is 1. The van der Waals surface area contributed by atoms with E-state index in [1.165, 1.54) is 11.6 Å². The van der Waals surface area contributed by atoms with Crippen molar-refractivity contribution in [2.24, 2.45) is 0 Å². The van der Waals surface area contributed by atoms with Gasteiger partial charge >= 0.3 is 0 Å². The van der Waals surface area contributed by atoms with Gasteiger partial charge in [0, 0.05) is 39.6 Å². The minimum atomic E-state index is -0.236. The third-order valence-electron chi connectivity index (χ3n) is 6.50. The van der Waals surface area contributed by atoms with Crippen LogP contribution in [0.5, 0.6) is 11.5 Å². The molecule has 38 heavy (non-hydrogen) atoms. The van der Waals surface area contributed by atoms with E-state index in [9.17, 15) is 4.79 Å². The molecular formula is C30H29Cl2N3O3. The molecule has 4 aromatic rings. The number of fused-ring (bicyclic) bond motifs is 2. The number of hydrogen-bond acceptors (Lipinski definition) is 5. The second-order valence-corrected chi connectivity index (χ2v) is 9.30. The molecule has 196 valence electrons. The molecule has 0 spiro atoms. The van der Waals surface area contributed by atoms with E-state index in [1.807, 2.05) is 54.6 Å².